The average Bonchev–Trinajstić information content (AvgIpc) is 3.19. The molecular weight excluding hydrogens is 459 g/mol. The monoisotopic (exact) mass is 480 g/mol. The van der Waals surface area contributed by atoms with Gasteiger partial charge in [-0.2, -0.15) is 13.2 Å². The van der Waals surface area contributed by atoms with E-state index in [1.165, 1.54) is 12.4 Å². The number of rotatable bonds is 8. The van der Waals surface area contributed by atoms with E-state index in [0.29, 0.717) is 22.4 Å². The smallest absolute Gasteiger partial charge is 0.384 e. The van der Waals surface area contributed by atoms with Crippen LogP contribution < -0.4 is 5.32 Å². The fraction of sp³-hybridized carbons (Fsp3) is 0.348. The van der Waals surface area contributed by atoms with Crippen LogP contribution in [0.1, 0.15) is 40.9 Å². The second-order valence-electron chi connectivity index (χ2n) is 7.45. The van der Waals surface area contributed by atoms with E-state index in [2.05, 4.69) is 27.1 Å². The summed E-state index contributed by atoms with van der Waals surface area (Å²) in [7, 11) is 0. The zero-order chi connectivity index (χ0) is 24.9. The van der Waals surface area contributed by atoms with Crippen LogP contribution in [0.2, 0.25) is 0 Å². The Morgan fingerprint density at radius 3 is 2.71 bits per heavy atom. The fourth-order valence-corrected chi connectivity index (χ4v) is 3.34. The molecule has 0 fully saturated rings. The topological polar surface area (TPSA) is 79.5 Å². The Morgan fingerprint density at radius 2 is 2.06 bits per heavy atom. The average molecular weight is 480 g/mol. The van der Waals surface area contributed by atoms with Gasteiger partial charge in [-0.1, -0.05) is 18.1 Å². The third kappa shape index (κ3) is 6.29. The maximum atomic E-state index is 12.6. The van der Waals surface area contributed by atoms with E-state index in [4.69, 9.17) is 5.11 Å². The standard InChI is InChI=1S/C23H21F5N4O2/c1-14-11-15(4-5-17(14)19(34)6-7-20(24)25)18-12-30-22-21(29-9-8-23(26,27)28)31-16(3-2-10-33)13-32(18)22/h4-5,11-13,20,33H,6-10H2,1H3,(H,29,31). The Hall–Kier alpha value is -3.52. The lowest BCUT2D eigenvalue weighted by molar-refractivity contribution is -0.131. The van der Waals surface area contributed by atoms with Crippen molar-refractivity contribution in [2.24, 2.45) is 0 Å². The Morgan fingerprint density at radius 1 is 1.29 bits per heavy atom. The molecule has 2 heterocycles. The number of aromatic nitrogens is 3. The van der Waals surface area contributed by atoms with E-state index in [0.717, 1.165) is 0 Å². The van der Waals surface area contributed by atoms with Gasteiger partial charge in [0.05, 0.1) is 18.3 Å². The first-order valence-electron chi connectivity index (χ1n) is 10.3. The number of carbonyl (C=O) groups excluding carboxylic acids is 1. The van der Waals surface area contributed by atoms with E-state index in [9.17, 15) is 26.7 Å². The van der Waals surface area contributed by atoms with E-state index >= 15 is 0 Å². The molecule has 34 heavy (non-hydrogen) atoms. The van der Waals surface area contributed by atoms with Gasteiger partial charge < -0.3 is 10.4 Å². The number of benzene rings is 1. The van der Waals surface area contributed by atoms with Gasteiger partial charge in [0, 0.05) is 36.7 Å². The molecule has 11 heteroatoms. The molecule has 0 bridgehead atoms. The first kappa shape index (κ1) is 25.1. The molecule has 0 spiro atoms. The van der Waals surface area contributed by atoms with Gasteiger partial charge in [-0.25, -0.2) is 18.7 Å². The Labute approximate surface area is 191 Å². The molecule has 3 aromatic rings. The minimum Gasteiger partial charge on any atom is -0.384 e. The number of carbonyl (C=O) groups is 1. The minimum absolute atomic E-state index is 0.0933. The van der Waals surface area contributed by atoms with Gasteiger partial charge in [-0.05, 0) is 24.5 Å². The number of Topliss-reactive ketones (excluding diaryl/α,β-unsaturated/α-hetero) is 1. The molecule has 2 aromatic heterocycles. The van der Waals surface area contributed by atoms with Crippen molar-refractivity contribution < 1.29 is 31.9 Å². The van der Waals surface area contributed by atoms with Crippen molar-refractivity contribution in [2.45, 2.75) is 38.8 Å². The van der Waals surface area contributed by atoms with E-state index in [1.54, 1.807) is 29.5 Å². The number of aryl methyl sites for hydroxylation is 1. The van der Waals surface area contributed by atoms with E-state index in [1.807, 2.05) is 0 Å². The van der Waals surface area contributed by atoms with Crippen LogP contribution in [0.25, 0.3) is 16.9 Å². The molecule has 6 nitrogen and oxygen atoms in total. The highest BCUT2D eigenvalue weighted by atomic mass is 19.4. The second-order valence-corrected chi connectivity index (χ2v) is 7.45. The number of aliphatic hydroxyl groups is 1. The number of anilines is 1. The van der Waals surface area contributed by atoms with Crippen molar-refractivity contribution in [3.05, 3.63) is 47.4 Å². The van der Waals surface area contributed by atoms with Crippen LogP contribution in [0.15, 0.2) is 30.6 Å². The van der Waals surface area contributed by atoms with Crippen LogP contribution in [0.5, 0.6) is 0 Å². The number of imidazole rings is 1. The molecule has 0 radical (unpaired) electrons. The second kappa shape index (κ2) is 10.6. The quantitative estimate of drug-likeness (QED) is 0.279. The number of hydrogen-bond acceptors (Lipinski definition) is 5. The van der Waals surface area contributed by atoms with E-state index < -0.39 is 38.6 Å². The Kier molecular flexibility index (Phi) is 7.83. The van der Waals surface area contributed by atoms with Crippen LogP contribution in [-0.4, -0.2) is 51.0 Å². The van der Waals surface area contributed by atoms with Crippen molar-refractivity contribution in [3.63, 3.8) is 0 Å². The summed E-state index contributed by atoms with van der Waals surface area (Å²) >= 11 is 0. The third-order valence-corrected chi connectivity index (χ3v) is 4.90. The molecule has 3 rings (SSSR count). The molecule has 2 N–H and O–H groups in total. The van der Waals surface area contributed by atoms with Crippen LogP contribution >= 0.6 is 0 Å². The molecule has 0 amide bonds. The lowest BCUT2D eigenvalue weighted by Crippen LogP contribution is -2.16. The van der Waals surface area contributed by atoms with Crippen molar-refractivity contribution in [2.75, 3.05) is 18.5 Å². The number of alkyl halides is 5. The molecule has 0 unspecified atom stereocenters. The summed E-state index contributed by atoms with van der Waals surface area (Å²) in [5, 5.41) is 11.6. The van der Waals surface area contributed by atoms with Crippen molar-refractivity contribution in [1.82, 2.24) is 14.4 Å². The lowest BCUT2D eigenvalue weighted by Gasteiger charge is -2.11. The minimum atomic E-state index is -4.34. The maximum absolute atomic E-state index is 12.6. The number of hydrogen-bond donors (Lipinski definition) is 2. The van der Waals surface area contributed by atoms with Gasteiger partial charge in [-0.3, -0.25) is 9.20 Å². The lowest BCUT2D eigenvalue weighted by atomic mass is 9.98. The highest BCUT2D eigenvalue weighted by Gasteiger charge is 2.26. The number of halogens is 5. The largest absolute Gasteiger partial charge is 0.390 e. The number of nitrogens with zero attached hydrogens (tertiary/aromatic N) is 3. The molecule has 0 saturated carbocycles. The molecule has 0 saturated heterocycles. The van der Waals surface area contributed by atoms with Gasteiger partial charge in [0.15, 0.2) is 17.2 Å². The highest BCUT2D eigenvalue weighted by molar-refractivity contribution is 5.98. The van der Waals surface area contributed by atoms with Gasteiger partial charge >= 0.3 is 6.18 Å². The number of nitrogens with one attached hydrogen (secondary N) is 1. The van der Waals surface area contributed by atoms with Crippen molar-refractivity contribution in [1.29, 1.82) is 0 Å². The molecular formula is C23H21F5N4O2. The molecule has 1 aromatic carbocycles. The number of ketones is 1. The van der Waals surface area contributed by atoms with Gasteiger partial charge in [0.1, 0.15) is 12.3 Å². The third-order valence-electron chi connectivity index (χ3n) is 4.90. The Bertz CT molecular complexity index is 1240. The Balaban J connectivity index is 1.98. The van der Waals surface area contributed by atoms with Crippen molar-refractivity contribution in [3.8, 4) is 23.1 Å². The van der Waals surface area contributed by atoms with Crippen LogP contribution in [-0.2, 0) is 0 Å². The first-order chi connectivity index (χ1) is 16.1. The van der Waals surface area contributed by atoms with Crippen LogP contribution in [0.3, 0.4) is 0 Å². The van der Waals surface area contributed by atoms with E-state index in [-0.39, 0.29) is 29.4 Å². The van der Waals surface area contributed by atoms with Gasteiger partial charge in [0.25, 0.3) is 0 Å². The molecule has 0 aliphatic rings. The summed E-state index contributed by atoms with van der Waals surface area (Å²) < 4.78 is 64.2. The summed E-state index contributed by atoms with van der Waals surface area (Å²) in [6, 6.07) is 4.89. The number of aliphatic hydroxyl groups excluding tert-OH is 1. The summed E-state index contributed by atoms with van der Waals surface area (Å²) in [5.74, 6) is 4.79. The normalized spacial score (nSPS) is 11.5. The van der Waals surface area contributed by atoms with Crippen LogP contribution in [0, 0.1) is 18.8 Å². The SMILES string of the molecule is Cc1cc(-c2cnc3c(NCCC(F)(F)F)nc(C#CCO)cn23)ccc1C(=O)CCC(F)F. The summed E-state index contributed by atoms with van der Waals surface area (Å²) in [6.45, 7) is 0.847. The van der Waals surface area contributed by atoms with Crippen molar-refractivity contribution >= 4 is 17.2 Å². The maximum Gasteiger partial charge on any atom is 0.390 e. The molecule has 0 aliphatic carbocycles. The molecule has 0 atom stereocenters. The predicted molar refractivity (Wildman–Crippen MR) is 116 cm³/mol. The first-order valence-corrected chi connectivity index (χ1v) is 10.3. The summed E-state index contributed by atoms with van der Waals surface area (Å²) in [4.78, 5) is 20.7. The summed E-state index contributed by atoms with van der Waals surface area (Å²) in [6.07, 6.45) is -5.71. The van der Waals surface area contributed by atoms with Gasteiger partial charge in [0.2, 0.25) is 6.43 Å². The van der Waals surface area contributed by atoms with Crippen LogP contribution in [0.4, 0.5) is 27.8 Å². The number of fused-ring (bicyclic) bond motifs is 1. The predicted octanol–water partition coefficient (Wildman–Crippen LogP) is 4.64. The zero-order valence-electron chi connectivity index (χ0n) is 18.1. The summed E-state index contributed by atoms with van der Waals surface area (Å²) in [5.41, 5.74) is 2.59. The van der Waals surface area contributed by atoms with Gasteiger partial charge in [-0.15, -0.1) is 0 Å². The fourth-order valence-electron chi connectivity index (χ4n) is 3.34. The highest BCUT2D eigenvalue weighted by Crippen LogP contribution is 2.27. The zero-order valence-corrected chi connectivity index (χ0v) is 18.1. The molecule has 0 aliphatic heterocycles. The molecule has 180 valence electrons.